The van der Waals surface area contributed by atoms with Crippen molar-refractivity contribution in [3.05, 3.63) is 33.5 Å². The van der Waals surface area contributed by atoms with Gasteiger partial charge in [-0.05, 0) is 34.5 Å². The minimum atomic E-state index is -0.549. The zero-order valence-electron chi connectivity index (χ0n) is 7.72. The van der Waals surface area contributed by atoms with E-state index in [1.165, 1.54) is 0 Å². The second-order valence-corrected chi connectivity index (χ2v) is 4.02. The fraction of sp³-hybridized carbons (Fsp3) is 0.400. The maximum Gasteiger partial charge on any atom is 0.187 e. The number of hydrogen-bond donors (Lipinski definition) is 0. The summed E-state index contributed by atoms with van der Waals surface area (Å²) in [5, 5.41) is 0. The van der Waals surface area contributed by atoms with Gasteiger partial charge in [-0.2, -0.15) is 0 Å². The Morgan fingerprint density at radius 3 is 2.64 bits per heavy atom. The predicted octanol–water partition coefficient (Wildman–Crippen LogP) is 2.94. The van der Waals surface area contributed by atoms with Crippen LogP contribution in [0.15, 0.2) is 16.6 Å². The van der Waals surface area contributed by atoms with E-state index in [9.17, 15) is 4.39 Å². The van der Waals surface area contributed by atoms with E-state index in [1.807, 2.05) is 13.0 Å². The summed E-state index contributed by atoms with van der Waals surface area (Å²) in [7, 11) is 0. The molecule has 0 radical (unpaired) electrons. The number of rotatable bonds is 1. The first kappa shape index (κ1) is 10.1. The van der Waals surface area contributed by atoms with Crippen LogP contribution < -0.4 is 0 Å². The molecule has 1 fully saturated rings. The van der Waals surface area contributed by atoms with Gasteiger partial charge in [0.25, 0.3) is 0 Å². The van der Waals surface area contributed by atoms with Crippen molar-refractivity contribution < 1.29 is 13.9 Å². The molecule has 1 aromatic carbocycles. The lowest BCUT2D eigenvalue weighted by Crippen LogP contribution is -2.04. The summed E-state index contributed by atoms with van der Waals surface area (Å²) < 4.78 is 24.7. The number of halogens is 2. The van der Waals surface area contributed by atoms with Gasteiger partial charge in [0.15, 0.2) is 6.29 Å². The zero-order valence-corrected chi connectivity index (χ0v) is 9.30. The monoisotopic (exact) mass is 260 g/mol. The van der Waals surface area contributed by atoms with Gasteiger partial charge in [0.05, 0.1) is 17.7 Å². The van der Waals surface area contributed by atoms with Crippen molar-refractivity contribution >= 4 is 15.9 Å². The molecule has 4 heteroatoms. The van der Waals surface area contributed by atoms with Gasteiger partial charge in [0, 0.05) is 5.56 Å². The SMILES string of the molecule is Cc1ccc(Br)c(F)c1C1OCCO1. The van der Waals surface area contributed by atoms with Crippen LogP contribution in [0.2, 0.25) is 0 Å². The number of aryl methyl sites for hydroxylation is 1. The van der Waals surface area contributed by atoms with Crippen LogP contribution in [0.25, 0.3) is 0 Å². The van der Waals surface area contributed by atoms with E-state index in [0.29, 0.717) is 23.2 Å². The highest BCUT2D eigenvalue weighted by Gasteiger charge is 2.24. The summed E-state index contributed by atoms with van der Waals surface area (Å²) in [6, 6.07) is 3.52. The van der Waals surface area contributed by atoms with Crippen LogP contribution in [-0.4, -0.2) is 13.2 Å². The average Bonchev–Trinajstić information content (AvgIpc) is 2.65. The lowest BCUT2D eigenvalue weighted by Gasteiger charge is -2.14. The van der Waals surface area contributed by atoms with E-state index < -0.39 is 6.29 Å². The normalized spacial score (nSPS) is 17.6. The number of ether oxygens (including phenoxy) is 2. The van der Waals surface area contributed by atoms with Crippen molar-refractivity contribution in [3.63, 3.8) is 0 Å². The van der Waals surface area contributed by atoms with Crippen molar-refractivity contribution in [1.29, 1.82) is 0 Å². The molecule has 1 aliphatic heterocycles. The van der Waals surface area contributed by atoms with E-state index in [1.54, 1.807) is 6.07 Å². The highest BCUT2D eigenvalue weighted by atomic mass is 79.9. The summed E-state index contributed by atoms with van der Waals surface area (Å²) in [6.45, 7) is 2.89. The summed E-state index contributed by atoms with van der Waals surface area (Å²) >= 11 is 3.14. The Morgan fingerprint density at radius 1 is 1.36 bits per heavy atom. The molecule has 1 heterocycles. The third-order valence-corrected chi connectivity index (χ3v) is 2.82. The molecule has 2 rings (SSSR count). The fourth-order valence-electron chi connectivity index (χ4n) is 1.48. The maximum absolute atomic E-state index is 13.7. The molecule has 0 saturated carbocycles. The molecule has 0 bridgehead atoms. The molecule has 0 amide bonds. The molecule has 0 aliphatic carbocycles. The quantitative estimate of drug-likeness (QED) is 0.773. The molecule has 0 N–H and O–H groups in total. The fourth-order valence-corrected chi connectivity index (χ4v) is 1.82. The number of benzene rings is 1. The van der Waals surface area contributed by atoms with Crippen molar-refractivity contribution in [2.45, 2.75) is 13.2 Å². The molecular weight excluding hydrogens is 251 g/mol. The first-order chi connectivity index (χ1) is 6.70. The molecule has 14 heavy (non-hydrogen) atoms. The van der Waals surface area contributed by atoms with Gasteiger partial charge in [-0.3, -0.25) is 0 Å². The molecule has 1 aromatic rings. The van der Waals surface area contributed by atoms with E-state index in [4.69, 9.17) is 9.47 Å². The Labute approximate surface area is 90.1 Å². The van der Waals surface area contributed by atoms with E-state index in [-0.39, 0.29) is 5.82 Å². The zero-order chi connectivity index (χ0) is 10.1. The van der Waals surface area contributed by atoms with Crippen LogP contribution in [0.1, 0.15) is 17.4 Å². The van der Waals surface area contributed by atoms with Crippen LogP contribution in [0, 0.1) is 12.7 Å². The lowest BCUT2D eigenvalue weighted by molar-refractivity contribution is -0.0469. The Balaban J connectivity index is 2.44. The second kappa shape index (κ2) is 3.96. The first-order valence-corrected chi connectivity index (χ1v) is 5.17. The molecule has 2 nitrogen and oxygen atoms in total. The first-order valence-electron chi connectivity index (χ1n) is 4.38. The Bertz CT molecular complexity index is 348. The van der Waals surface area contributed by atoms with Crippen LogP contribution in [0.5, 0.6) is 0 Å². The van der Waals surface area contributed by atoms with Crippen molar-refractivity contribution in [2.24, 2.45) is 0 Å². The molecule has 0 unspecified atom stereocenters. The third kappa shape index (κ3) is 1.69. The largest absolute Gasteiger partial charge is 0.346 e. The predicted molar refractivity (Wildman–Crippen MR) is 53.5 cm³/mol. The Morgan fingerprint density at radius 2 is 2.00 bits per heavy atom. The molecule has 1 saturated heterocycles. The molecular formula is C10H10BrFO2. The van der Waals surface area contributed by atoms with Gasteiger partial charge in [-0.25, -0.2) is 4.39 Å². The Kier molecular flexibility index (Phi) is 2.85. The van der Waals surface area contributed by atoms with Gasteiger partial charge in [-0.1, -0.05) is 6.07 Å². The minimum absolute atomic E-state index is 0.295. The highest BCUT2D eigenvalue weighted by Crippen LogP contribution is 2.31. The summed E-state index contributed by atoms with van der Waals surface area (Å²) in [4.78, 5) is 0. The van der Waals surface area contributed by atoms with Gasteiger partial charge in [0.1, 0.15) is 5.82 Å². The van der Waals surface area contributed by atoms with Crippen LogP contribution >= 0.6 is 15.9 Å². The maximum atomic E-state index is 13.7. The van der Waals surface area contributed by atoms with E-state index in [2.05, 4.69) is 15.9 Å². The van der Waals surface area contributed by atoms with Gasteiger partial charge in [-0.15, -0.1) is 0 Å². The second-order valence-electron chi connectivity index (χ2n) is 3.17. The standard InChI is InChI=1S/C10H10BrFO2/c1-6-2-3-7(11)9(12)8(6)10-13-4-5-14-10/h2-3,10H,4-5H2,1H3. The van der Waals surface area contributed by atoms with Crippen LogP contribution in [-0.2, 0) is 9.47 Å². The smallest absolute Gasteiger partial charge is 0.187 e. The van der Waals surface area contributed by atoms with E-state index in [0.717, 1.165) is 5.56 Å². The topological polar surface area (TPSA) is 18.5 Å². The Hall–Kier alpha value is -0.450. The summed E-state index contributed by atoms with van der Waals surface area (Å²) in [5.74, 6) is -0.295. The third-order valence-electron chi connectivity index (χ3n) is 2.21. The van der Waals surface area contributed by atoms with Gasteiger partial charge >= 0.3 is 0 Å². The molecule has 0 aromatic heterocycles. The van der Waals surface area contributed by atoms with Crippen molar-refractivity contribution in [3.8, 4) is 0 Å². The minimum Gasteiger partial charge on any atom is -0.346 e. The highest BCUT2D eigenvalue weighted by molar-refractivity contribution is 9.10. The van der Waals surface area contributed by atoms with Crippen molar-refractivity contribution in [2.75, 3.05) is 13.2 Å². The average molecular weight is 261 g/mol. The summed E-state index contributed by atoms with van der Waals surface area (Å²) in [6.07, 6.45) is -0.549. The molecule has 1 aliphatic rings. The van der Waals surface area contributed by atoms with Gasteiger partial charge in [0.2, 0.25) is 0 Å². The molecule has 0 atom stereocenters. The molecule has 76 valence electrons. The molecule has 0 spiro atoms. The van der Waals surface area contributed by atoms with Crippen molar-refractivity contribution in [1.82, 2.24) is 0 Å². The lowest BCUT2D eigenvalue weighted by atomic mass is 10.1. The van der Waals surface area contributed by atoms with Gasteiger partial charge < -0.3 is 9.47 Å². The summed E-state index contributed by atoms with van der Waals surface area (Å²) in [5.41, 5.74) is 1.34. The van der Waals surface area contributed by atoms with Crippen LogP contribution in [0.3, 0.4) is 0 Å². The van der Waals surface area contributed by atoms with Crippen LogP contribution in [0.4, 0.5) is 4.39 Å². The van der Waals surface area contributed by atoms with E-state index >= 15 is 0 Å². The number of hydrogen-bond acceptors (Lipinski definition) is 2.